The summed E-state index contributed by atoms with van der Waals surface area (Å²) in [6.07, 6.45) is 4.41. The minimum atomic E-state index is -0.312. The Morgan fingerprint density at radius 2 is 1.96 bits per heavy atom. The highest BCUT2D eigenvalue weighted by Crippen LogP contribution is 2.27. The van der Waals surface area contributed by atoms with Gasteiger partial charge in [0.15, 0.2) is 11.0 Å². The summed E-state index contributed by atoms with van der Waals surface area (Å²) in [5.41, 5.74) is 1.85. The molecule has 1 amide bonds. The van der Waals surface area contributed by atoms with Crippen molar-refractivity contribution in [3.63, 3.8) is 0 Å². The molecule has 0 fully saturated rings. The first-order chi connectivity index (χ1) is 13.6. The third kappa shape index (κ3) is 4.91. The highest BCUT2D eigenvalue weighted by molar-refractivity contribution is 8.00. The van der Waals surface area contributed by atoms with E-state index in [0.717, 1.165) is 35.1 Å². The zero-order valence-electron chi connectivity index (χ0n) is 15.8. The van der Waals surface area contributed by atoms with Gasteiger partial charge in [0.2, 0.25) is 5.91 Å². The molecule has 3 aromatic rings. The van der Waals surface area contributed by atoms with Crippen LogP contribution in [0.3, 0.4) is 0 Å². The lowest BCUT2D eigenvalue weighted by Gasteiger charge is -2.14. The molecule has 28 heavy (non-hydrogen) atoms. The van der Waals surface area contributed by atoms with Gasteiger partial charge in [-0.05, 0) is 37.1 Å². The maximum Gasteiger partial charge on any atom is 0.233 e. The molecular formula is C20H22ClN5OS. The molecule has 8 heteroatoms. The molecule has 3 rings (SSSR count). The van der Waals surface area contributed by atoms with Gasteiger partial charge in [-0.1, -0.05) is 48.5 Å². The molecule has 146 valence electrons. The molecule has 0 aliphatic carbocycles. The fraction of sp³-hybridized carbons (Fsp3) is 0.300. The first-order valence-electron chi connectivity index (χ1n) is 9.11. The summed E-state index contributed by atoms with van der Waals surface area (Å²) in [4.78, 5) is 16.6. The monoisotopic (exact) mass is 415 g/mol. The van der Waals surface area contributed by atoms with Crippen molar-refractivity contribution in [1.29, 1.82) is 0 Å². The Bertz CT molecular complexity index is 931. The number of halogens is 1. The number of benzene rings is 1. The molecule has 0 radical (unpaired) electrons. The predicted octanol–water partition coefficient (Wildman–Crippen LogP) is 4.20. The van der Waals surface area contributed by atoms with Gasteiger partial charge in [-0.2, -0.15) is 0 Å². The topological polar surface area (TPSA) is 72.7 Å². The number of hydrogen-bond acceptors (Lipinski definition) is 5. The molecule has 0 bridgehead atoms. The third-order valence-corrected chi connectivity index (χ3v) is 5.61. The van der Waals surface area contributed by atoms with Crippen LogP contribution in [-0.4, -0.2) is 30.9 Å². The summed E-state index contributed by atoms with van der Waals surface area (Å²) in [6.45, 7) is 5.14. The van der Waals surface area contributed by atoms with Gasteiger partial charge in [-0.15, -0.1) is 10.2 Å². The number of carbonyl (C=O) groups is 1. The van der Waals surface area contributed by atoms with Crippen LogP contribution in [0.2, 0.25) is 5.02 Å². The van der Waals surface area contributed by atoms with Crippen LogP contribution in [0.5, 0.6) is 0 Å². The van der Waals surface area contributed by atoms with E-state index in [1.165, 1.54) is 11.8 Å². The first kappa shape index (κ1) is 20.4. The summed E-state index contributed by atoms with van der Waals surface area (Å²) in [5.74, 6) is 0.719. The zero-order valence-corrected chi connectivity index (χ0v) is 17.4. The molecule has 2 aromatic heterocycles. The average molecular weight is 416 g/mol. The second-order valence-electron chi connectivity index (χ2n) is 6.26. The van der Waals surface area contributed by atoms with Crippen molar-refractivity contribution in [3.8, 4) is 11.4 Å². The number of nitrogens with one attached hydrogen (secondary N) is 1. The normalized spacial score (nSPS) is 12.0. The fourth-order valence-corrected chi connectivity index (χ4v) is 3.80. The van der Waals surface area contributed by atoms with Gasteiger partial charge in [0, 0.05) is 36.1 Å². The summed E-state index contributed by atoms with van der Waals surface area (Å²) in [7, 11) is 0. The molecule has 0 unspecified atom stereocenters. The Morgan fingerprint density at radius 1 is 1.21 bits per heavy atom. The SMILES string of the molecule is CCCn1c(S[C@@H](C)C(=O)NCc2ccccc2Cl)nnc1-c1ccncc1. The Kier molecular flexibility index (Phi) is 7.06. The molecule has 1 atom stereocenters. The van der Waals surface area contributed by atoms with Crippen molar-refractivity contribution in [2.75, 3.05) is 0 Å². The fourth-order valence-electron chi connectivity index (χ4n) is 2.70. The van der Waals surface area contributed by atoms with Gasteiger partial charge in [0.25, 0.3) is 0 Å². The van der Waals surface area contributed by atoms with Crippen molar-refractivity contribution in [1.82, 2.24) is 25.1 Å². The lowest BCUT2D eigenvalue weighted by atomic mass is 10.2. The van der Waals surface area contributed by atoms with Crippen LogP contribution < -0.4 is 5.32 Å². The highest BCUT2D eigenvalue weighted by atomic mass is 35.5. The number of thioether (sulfide) groups is 1. The van der Waals surface area contributed by atoms with Crippen LogP contribution in [0.25, 0.3) is 11.4 Å². The van der Waals surface area contributed by atoms with E-state index in [9.17, 15) is 4.79 Å². The molecule has 0 aliphatic rings. The summed E-state index contributed by atoms with van der Waals surface area (Å²) in [5, 5.41) is 12.7. The molecule has 0 aliphatic heterocycles. The van der Waals surface area contributed by atoms with E-state index in [0.29, 0.717) is 11.6 Å². The van der Waals surface area contributed by atoms with Crippen LogP contribution in [0.15, 0.2) is 53.9 Å². The number of rotatable bonds is 8. The zero-order chi connectivity index (χ0) is 19.9. The van der Waals surface area contributed by atoms with Crippen LogP contribution in [0.4, 0.5) is 0 Å². The van der Waals surface area contributed by atoms with Gasteiger partial charge in [-0.3, -0.25) is 9.78 Å². The maximum absolute atomic E-state index is 12.5. The van der Waals surface area contributed by atoms with Crippen LogP contribution in [0, 0.1) is 0 Å². The van der Waals surface area contributed by atoms with Crippen LogP contribution >= 0.6 is 23.4 Å². The van der Waals surface area contributed by atoms with Gasteiger partial charge in [-0.25, -0.2) is 0 Å². The molecule has 0 saturated carbocycles. The first-order valence-corrected chi connectivity index (χ1v) is 10.4. The number of aromatic nitrogens is 4. The van der Waals surface area contributed by atoms with Crippen molar-refractivity contribution < 1.29 is 4.79 Å². The number of amides is 1. The average Bonchev–Trinajstić information content (AvgIpc) is 3.10. The lowest BCUT2D eigenvalue weighted by molar-refractivity contribution is -0.120. The van der Waals surface area contributed by atoms with Crippen molar-refractivity contribution >= 4 is 29.3 Å². The quantitative estimate of drug-likeness (QED) is 0.558. The number of nitrogens with zero attached hydrogens (tertiary/aromatic N) is 4. The minimum absolute atomic E-state index is 0.0681. The van der Waals surface area contributed by atoms with Gasteiger partial charge < -0.3 is 9.88 Å². The molecule has 0 saturated heterocycles. The van der Waals surface area contributed by atoms with E-state index in [2.05, 4.69) is 32.0 Å². The van der Waals surface area contributed by atoms with Crippen molar-refractivity contribution in [2.45, 2.75) is 43.8 Å². The van der Waals surface area contributed by atoms with E-state index in [4.69, 9.17) is 11.6 Å². The number of pyridine rings is 1. The van der Waals surface area contributed by atoms with E-state index in [1.54, 1.807) is 12.4 Å². The van der Waals surface area contributed by atoms with Crippen LogP contribution in [-0.2, 0) is 17.9 Å². The van der Waals surface area contributed by atoms with E-state index < -0.39 is 0 Å². The molecule has 2 heterocycles. The summed E-state index contributed by atoms with van der Waals surface area (Å²) >= 11 is 7.55. The van der Waals surface area contributed by atoms with Gasteiger partial charge in [0.1, 0.15) is 0 Å². The Morgan fingerprint density at radius 3 is 2.68 bits per heavy atom. The minimum Gasteiger partial charge on any atom is -0.351 e. The Hall–Kier alpha value is -2.38. The maximum atomic E-state index is 12.5. The smallest absolute Gasteiger partial charge is 0.233 e. The third-order valence-electron chi connectivity index (χ3n) is 4.16. The second kappa shape index (κ2) is 9.71. The molecule has 0 spiro atoms. The summed E-state index contributed by atoms with van der Waals surface area (Å²) < 4.78 is 2.05. The van der Waals surface area contributed by atoms with Crippen molar-refractivity contribution in [2.24, 2.45) is 0 Å². The molecule has 6 nitrogen and oxygen atoms in total. The number of carbonyl (C=O) groups excluding carboxylic acids is 1. The standard InChI is InChI=1S/C20H22ClN5OS/c1-3-12-26-18(15-8-10-22-11-9-15)24-25-20(26)28-14(2)19(27)23-13-16-6-4-5-7-17(16)21/h4-11,14H,3,12-13H2,1-2H3,(H,23,27)/t14-/m0/s1. The van der Waals surface area contributed by atoms with Gasteiger partial charge >= 0.3 is 0 Å². The Balaban J connectivity index is 1.69. The van der Waals surface area contributed by atoms with Gasteiger partial charge in [0.05, 0.1) is 5.25 Å². The summed E-state index contributed by atoms with van der Waals surface area (Å²) in [6, 6.07) is 11.3. The number of hydrogen-bond donors (Lipinski definition) is 1. The highest BCUT2D eigenvalue weighted by Gasteiger charge is 2.20. The largest absolute Gasteiger partial charge is 0.351 e. The second-order valence-corrected chi connectivity index (χ2v) is 7.98. The molecule has 1 aromatic carbocycles. The lowest BCUT2D eigenvalue weighted by Crippen LogP contribution is -2.30. The molecule has 1 N–H and O–H groups in total. The van der Waals surface area contributed by atoms with Crippen molar-refractivity contribution in [3.05, 3.63) is 59.4 Å². The van der Waals surface area contributed by atoms with E-state index in [1.807, 2.05) is 43.3 Å². The van der Waals surface area contributed by atoms with Crippen LogP contribution in [0.1, 0.15) is 25.8 Å². The van der Waals surface area contributed by atoms with E-state index >= 15 is 0 Å². The molecular weight excluding hydrogens is 394 g/mol. The predicted molar refractivity (Wildman–Crippen MR) is 112 cm³/mol. The Labute approximate surface area is 173 Å². The van der Waals surface area contributed by atoms with E-state index in [-0.39, 0.29) is 11.2 Å².